The predicted octanol–water partition coefficient (Wildman–Crippen LogP) is 3.75. The van der Waals surface area contributed by atoms with E-state index in [0.29, 0.717) is 22.3 Å². The third-order valence-corrected chi connectivity index (χ3v) is 3.79. The number of carbonyl (C=O) groups excluding carboxylic acids is 1. The van der Waals surface area contributed by atoms with Gasteiger partial charge in [0.1, 0.15) is 0 Å². The van der Waals surface area contributed by atoms with Crippen molar-refractivity contribution < 1.29 is 27.1 Å². The van der Waals surface area contributed by atoms with E-state index >= 15 is 0 Å². The van der Waals surface area contributed by atoms with E-state index < -0.39 is 24.3 Å². The fourth-order valence-corrected chi connectivity index (χ4v) is 2.62. The molecule has 126 valence electrons. The standard InChI is InChI=1S/C15H9ClF4N2O2/c16-11-6-21-12(17)4-10(11)7-1-2-9-8(3-7)5-22-13(9)24-14(23)15(18,19)20/h1-4,6,13,22H,5H2. The molecule has 0 amide bonds. The monoisotopic (exact) mass is 360 g/mol. The lowest BCUT2D eigenvalue weighted by Crippen LogP contribution is -2.30. The molecular weight excluding hydrogens is 352 g/mol. The molecule has 1 atom stereocenters. The van der Waals surface area contributed by atoms with Crippen LogP contribution in [0.5, 0.6) is 0 Å². The molecule has 3 rings (SSSR count). The quantitative estimate of drug-likeness (QED) is 0.503. The Kier molecular flexibility index (Phi) is 4.18. The highest BCUT2D eigenvalue weighted by Gasteiger charge is 2.43. The summed E-state index contributed by atoms with van der Waals surface area (Å²) in [7, 11) is 0. The molecule has 0 saturated carbocycles. The number of hydrogen-bond acceptors (Lipinski definition) is 4. The third-order valence-electron chi connectivity index (χ3n) is 3.49. The van der Waals surface area contributed by atoms with Gasteiger partial charge in [0.05, 0.1) is 5.02 Å². The van der Waals surface area contributed by atoms with Crippen LogP contribution < -0.4 is 5.32 Å². The summed E-state index contributed by atoms with van der Waals surface area (Å²) in [5.41, 5.74) is 2.01. The van der Waals surface area contributed by atoms with E-state index in [0.717, 1.165) is 6.07 Å². The fourth-order valence-electron chi connectivity index (χ4n) is 2.41. The lowest BCUT2D eigenvalue weighted by Gasteiger charge is -2.15. The second kappa shape index (κ2) is 6.03. The van der Waals surface area contributed by atoms with Gasteiger partial charge in [-0.1, -0.05) is 23.7 Å². The normalized spacial score (nSPS) is 16.8. The number of benzene rings is 1. The fraction of sp³-hybridized carbons (Fsp3) is 0.200. The smallest absolute Gasteiger partial charge is 0.436 e. The third kappa shape index (κ3) is 3.20. The van der Waals surface area contributed by atoms with Crippen LogP contribution in [0.15, 0.2) is 30.5 Å². The molecule has 1 aliphatic heterocycles. The van der Waals surface area contributed by atoms with Crippen molar-refractivity contribution in [1.29, 1.82) is 0 Å². The molecule has 24 heavy (non-hydrogen) atoms. The minimum absolute atomic E-state index is 0.199. The van der Waals surface area contributed by atoms with Gasteiger partial charge >= 0.3 is 12.1 Å². The first kappa shape index (κ1) is 16.7. The molecule has 0 aliphatic carbocycles. The van der Waals surface area contributed by atoms with Gasteiger partial charge in [-0.2, -0.15) is 17.6 Å². The van der Waals surface area contributed by atoms with Crippen LogP contribution in [-0.2, 0) is 16.1 Å². The van der Waals surface area contributed by atoms with Crippen LogP contribution in [0.2, 0.25) is 5.02 Å². The number of nitrogens with zero attached hydrogens (tertiary/aromatic N) is 1. The molecule has 9 heteroatoms. The number of esters is 1. The lowest BCUT2D eigenvalue weighted by molar-refractivity contribution is -0.206. The molecular formula is C15H9ClF4N2O2. The zero-order chi connectivity index (χ0) is 17.5. The van der Waals surface area contributed by atoms with E-state index in [-0.39, 0.29) is 11.6 Å². The number of aromatic nitrogens is 1. The largest absolute Gasteiger partial charge is 0.490 e. The zero-order valence-electron chi connectivity index (χ0n) is 11.8. The molecule has 0 spiro atoms. The SMILES string of the molecule is O=C(OC1NCc2cc(-c3cc(F)ncc3Cl)ccc21)C(F)(F)F. The van der Waals surface area contributed by atoms with E-state index in [1.807, 2.05) is 0 Å². The van der Waals surface area contributed by atoms with Crippen LogP contribution in [0.4, 0.5) is 17.6 Å². The average Bonchev–Trinajstić information content (AvgIpc) is 2.91. The summed E-state index contributed by atoms with van der Waals surface area (Å²) < 4.78 is 54.6. The van der Waals surface area contributed by atoms with Gasteiger partial charge in [0, 0.05) is 29.9 Å². The maximum atomic E-state index is 13.3. The number of alkyl halides is 3. The number of pyridine rings is 1. The molecule has 4 nitrogen and oxygen atoms in total. The maximum Gasteiger partial charge on any atom is 0.490 e. The van der Waals surface area contributed by atoms with Gasteiger partial charge in [-0.15, -0.1) is 0 Å². The number of halogens is 5. The topological polar surface area (TPSA) is 51.2 Å². The van der Waals surface area contributed by atoms with Gasteiger partial charge in [-0.25, -0.2) is 9.78 Å². The molecule has 1 aliphatic rings. The Balaban J connectivity index is 1.88. The summed E-state index contributed by atoms with van der Waals surface area (Å²) in [6, 6.07) is 5.87. The van der Waals surface area contributed by atoms with E-state index in [2.05, 4.69) is 15.0 Å². The summed E-state index contributed by atoms with van der Waals surface area (Å²) in [5.74, 6) is -2.97. The van der Waals surface area contributed by atoms with Crippen LogP contribution in [0.3, 0.4) is 0 Å². The van der Waals surface area contributed by atoms with Crippen molar-refractivity contribution in [3.63, 3.8) is 0 Å². The van der Waals surface area contributed by atoms with Crippen molar-refractivity contribution >= 4 is 17.6 Å². The van der Waals surface area contributed by atoms with Crippen molar-refractivity contribution in [3.8, 4) is 11.1 Å². The number of ether oxygens (including phenoxy) is 1. The van der Waals surface area contributed by atoms with Gasteiger partial charge < -0.3 is 4.74 Å². The van der Waals surface area contributed by atoms with Crippen molar-refractivity contribution in [2.24, 2.45) is 0 Å². The van der Waals surface area contributed by atoms with E-state index in [1.165, 1.54) is 12.3 Å². The van der Waals surface area contributed by atoms with E-state index in [1.54, 1.807) is 12.1 Å². The Labute approximate surface area is 138 Å². The van der Waals surface area contributed by atoms with E-state index in [4.69, 9.17) is 11.6 Å². The molecule has 1 unspecified atom stereocenters. The molecule has 0 saturated heterocycles. The minimum atomic E-state index is -5.06. The number of carbonyl (C=O) groups is 1. The van der Waals surface area contributed by atoms with E-state index in [9.17, 15) is 22.4 Å². The number of nitrogens with one attached hydrogen (secondary N) is 1. The summed E-state index contributed by atoms with van der Waals surface area (Å²) in [6.45, 7) is 0.199. The van der Waals surface area contributed by atoms with Crippen LogP contribution in [0.1, 0.15) is 17.4 Å². The Morgan fingerprint density at radius 1 is 1.33 bits per heavy atom. The van der Waals surface area contributed by atoms with Gasteiger partial charge in [-0.05, 0) is 17.2 Å². The highest BCUT2D eigenvalue weighted by atomic mass is 35.5. The predicted molar refractivity (Wildman–Crippen MR) is 76.4 cm³/mol. The Morgan fingerprint density at radius 2 is 2.08 bits per heavy atom. The average molecular weight is 361 g/mol. The van der Waals surface area contributed by atoms with Crippen LogP contribution in [0, 0.1) is 5.95 Å². The lowest BCUT2D eigenvalue weighted by atomic mass is 10.0. The minimum Gasteiger partial charge on any atom is -0.436 e. The molecule has 0 fully saturated rings. The van der Waals surface area contributed by atoms with Crippen LogP contribution in [-0.4, -0.2) is 17.1 Å². The summed E-state index contributed by atoms with van der Waals surface area (Å²) in [4.78, 5) is 14.4. The first-order valence-corrected chi connectivity index (χ1v) is 7.09. The highest BCUT2D eigenvalue weighted by molar-refractivity contribution is 6.33. The highest BCUT2D eigenvalue weighted by Crippen LogP contribution is 2.34. The molecule has 1 aromatic carbocycles. The first-order chi connectivity index (χ1) is 11.3. The van der Waals surface area contributed by atoms with Crippen molar-refractivity contribution in [2.75, 3.05) is 0 Å². The van der Waals surface area contributed by atoms with Crippen molar-refractivity contribution in [3.05, 3.63) is 52.6 Å². The number of hydrogen-bond donors (Lipinski definition) is 1. The molecule has 1 aromatic heterocycles. The Bertz CT molecular complexity index is 811. The summed E-state index contributed by atoms with van der Waals surface area (Å²) >= 11 is 5.99. The Morgan fingerprint density at radius 3 is 2.79 bits per heavy atom. The molecule has 1 N–H and O–H groups in total. The number of rotatable bonds is 2. The molecule has 0 radical (unpaired) electrons. The second-order valence-electron chi connectivity index (χ2n) is 5.06. The zero-order valence-corrected chi connectivity index (χ0v) is 12.6. The van der Waals surface area contributed by atoms with Crippen molar-refractivity contribution in [2.45, 2.75) is 18.9 Å². The molecule has 2 heterocycles. The Hall–Kier alpha value is -2.19. The van der Waals surface area contributed by atoms with Crippen LogP contribution in [0.25, 0.3) is 11.1 Å². The first-order valence-electron chi connectivity index (χ1n) is 6.71. The molecule has 0 bridgehead atoms. The number of fused-ring (bicyclic) bond motifs is 1. The van der Waals surface area contributed by atoms with Gasteiger partial charge in [0.2, 0.25) is 5.95 Å². The second-order valence-corrected chi connectivity index (χ2v) is 5.47. The van der Waals surface area contributed by atoms with Gasteiger partial charge in [0.15, 0.2) is 6.23 Å². The van der Waals surface area contributed by atoms with Crippen LogP contribution >= 0.6 is 11.6 Å². The molecule has 2 aromatic rings. The summed E-state index contributed by atoms with van der Waals surface area (Å²) in [6.07, 6.45) is -5.08. The van der Waals surface area contributed by atoms with Gasteiger partial charge in [0.25, 0.3) is 0 Å². The van der Waals surface area contributed by atoms with Crippen molar-refractivity contribution in [1.82, 2.24) is 10.3 Å². The maximum absolute atomic E-state index is 13.3. The summed E-state index contributed by atoms with van der Waals surface area (Å²) in [5, 5.41) is 2.91. The van der Waals surface area contributed by atoms with Gasteiger partial charge in [-0.3, -0.25) is 5.32 Å².